The highest BCUT2D eigenvalue weighted by Crippen LogP contribution is 2.29. The number of carbonyl (C=O) groups is 1. The monoisotopic (exact) mass is 378 g/mol. The first kappa shape index (κ1) is 17.0. The number of halogens is 1. The maximum atomic E-state index is 12.3. The van der Waals surface area contributed by atoms with E-state index in [1.54, 1.807) is 0 Å². The van der Waals surface area contributed by atoms with E-state index in [4.69, 9.17) is 0 Å². The zero-order chi connectivity index (χ0) is 16.2. The molecule has 1 aromatic carbocycles. The smallest absolute Gasteiger partial charge is 0.225 e. The normalized spacial score (nSPS) is 20.3. The molecule has 1 heterocycles. The van der Waals surface area contributed by atoms with E-state index >= 15 is 0 Å². The van der Waals surface area contributed by atoms with Gasteiger partial charge in [0, 0.05) is 30.5 Å². The molecule has 1 aliphatic heterocycles. The van der Waals surface area contributed by atoms with Crippen LogP contribution in [0.15, 0.2) is 28.7 Å². The number of nitrogens with zero attached hydrogens (tertiary/aromatic N) is 2. The summed E-state index contributed by atoms with van der Waals surface area (Å²) >= 11 is 3.64. The first-order valence-electron chi connectivity index (χ1n) is 8.84. The Kier molecular flexibility index (Phi) is 5.76. The van der Waals surface area contributed by atoms with Crippen LogP contribution >= 0.6 is 15.9 Å². The van der Waals surface area contributed by atoms with Crippen LogP contribution < -0.4 is 0 Å². The van der Waals surface area contributed by atoms with Gasteiger partial charge in [-0.1, -0.05) is 40.5 Å². The highest BCUT2D eigenvalue weighted by molar-refractivity contribution is 9.10. The van der Waals surface area contributed by atoms with Crippen molar-refractivity contribution in [1.29, 1.82) is 0 Å². The molecular formula is C19H27BrN2O. The number of piperidine rings is 1. The van der Waals surface area contributed by atoms with Gasteiger partial charge in [-0.25, -0.2) is 0 Å². The van der Waals surface area contributed by atoms with Crippen molar-refractivity contribution >= 4 is 21.8 Å². The Morgan fingerprint density at radius 1 is 1.22 bits per heavy atom. The summed E-state index contributed by atoms with van der Waals surface area (Å²) in [7, 11) is 1.99. The van der Waals surface area contributed by atoms with Crippen molar-refractivity contribution in [2.45, 2.75) is 38.6 Å². The summed E-state index contributed by atoms with van der Waals surface area (Å²) in [6.45, 7) is 4.23. The third-order valence-corrected chi connectivity index (χ3v) is 6.20. The molecule has 0 radical (unpaired) electrons. The molecule has 1 amide bonds. The molecule has 3 rings (SSSR count). The van der Waals surface area contributed by atoms with Crippen LogP contribution in [0.25, 0.3) is 0 Å². The van der Waals surface area contributed by atoms with Gasteiger partial charge in [0.1, 0.15) is 0 Å². The molecule has 3 nitrogen and oxygen atoms in total. The number of hydrogen-bond acceptors (Lipinski definition) is 2. The summed E-state index contributed by atoms with van der Waals surface area (Å²) in [4.78, 5) is 16.8. The molecule has 23 heavy (non-hydrogen) atoms. The van der Waals surface area contributed by atoms with E-state index in [0.717, 1.165) is 39.0 Å². The Hall–Kier alpha value is -0.870. The SMILES string of the molecule is CN(CC1CCN(Cc2ccccc2Br)CC1)C(=O)C1CCC1. The van der Waals surface area contributed by atoms with Crippen LogP contribution in [-0.2, 0) is 11.3 Å². The topological polar surface area (TPSA) is 23.6 Å². The largest absolute Gasteiger partial charge is 0.345 e. The number of benzene rings is 1. The van der Waals surface area contributed by atoms with Crippen LogP contribution in [0.4, 0.5) is 0 Å². The number of rotatable bonds is 5. The maximum absolute atomic E-state index is 12.3. The van der Waals surface area contributed by atoms with Gasteiger partial charge in [0.15, 0.2) is 0 Å². The predicted octanol–water partition coefficient (Wildman–Crippen LogP) is 3.92. The second kappa shape index (κ2) is 7.80. The van der Waals surface area contributed by atoms with Crippen LogP contribution in [0, 0.1) is 11.8 Å². The third-order valence-electron chi connectivity index (χ3n) is 5.42. The number of hydrogen-bond donors (Lipinski definition) is 0. The van der Waals surface area contributed by atoms with E-state index < -0.39 is 0 Å². The lowest BCUT2D eigenvalue weighted by molar-refractivity contribution is -0.137. The summed E-state index contributed by atoms with van der Waals surface area (Å²) < 4.78 is 1.20. The molecule has 4 heteroatoms. The zero-order valence-corrected chi connectivity index (χ0v) is 15.6. The van der Waals surface area contributed by atoms with Crippen LogP contribution in [0.2, 0.25) is 0 Å². The van der Waals surface area contributed by atoms with E-state index in [9.17, 15) is 4.79 Å². The lowest BCUT2D eigenvalue weighted by atomic mass is 9.84. The van der Waals surface area contributed by atoms with Crippen LogP contribution in [-0.4, -0.2) is 42.4 Å². The molecule has 1 saturated heterocycles. The van der Waals surface area contributed by atoms with E-state index in [1.165, 1.54) is 29.3 Å². The molecule has 0 unspecified atom stereocenters. The minimum absolute atomic E-state index is 0.329. The van der Waals surface area contributed by atoms with Crippen LogP contribution in [0.3, 0.4) is 0 Å². The van der Waals surface area contributed by atoms with Gasteiger partial charge in [0.2, 0.25) is 5.91 Å². The van der Waals surface area contributed by atoms with Gasteiger partial charge in [-0.05, 0) is 56.3 Å². The van der Waals surface area contributed by atoms with Crippen LogP contribution in [0.5, 0.6) is 0 Å². The lowest BCUT2D eigenvalue weighted by Gasteiger charge is -2.36. The van der Waals surface area contributed by atoms with Gasteiger partial charge < -0.3 is 4.90 Å². The molecule has 1 aliphatic carbocycles. The second-order valence-electron chi connectivity index (χ2n) is 7.16. The minimum Gasteiger partial charge on any atom is -0.345 e. The van der Waals surface area contributed by atoms with Crippen molar-refractivity contribution in [2.24, 2.45) is 11.8 Å². The fourth-order valence-electron chi connectivity index (χ4n) is 3.64. The van der Waals surface area contributed by atoms with Gasteiger partial charge >= 0.3 is 0 Å². The van der Waals surface area contributed by atoms with Gasteiger partial charge in [-0.15, -0.1) is 0 Å². The Bertz CT molecular complexity index is 536. The molecule has 0 atom stereocenters. The molecule has 0 bridgehead atoms. The molecule has 0 N–H and O–H groups in total. The van der Waals surface area contributed by atoms with Crippen molar-refractivity contribution in [2.75, 3.05) is 26.7 Å². The summed E-state index contributed by atoms with van der Waals surface area (Å²) in [5.74, 6) is 1.38. The molecule has 2 fully saturated rings. The van der Waals surface area contributed by atoms with Gasteiger partial charge in [-0.3, -0.25) is 9.69 Å². The van der Waals surface area contributed by atoms with E-state index in [0.29, 0.717) is 17.7 Å². The Balaban J connectivity index is 1.43. The third kappa shape index (κ3) is 4.36. The summed E-state index contributed by atoms with van der Waals surface area (Å²) in [6.07, 6.45) is 5.85. The average molecular weight is 379 g/mol. The first-order valence-corrected chi connectivity index (χ1v) is 9.63. The highest BCUT2D eigenvalue weighted by Gasteiger charge is 2.29. The lowest BCUT2D eigenvalue weighted by Crippen LogP contribution is -2.42. The molecule has 1 saturated carbocycles. The fourth-order valence-corrected chi connectivity index (χ4v) is 4.05. The average Bonchev–Trinajstić information content (AvgIpc) is 2.49. The first-order chi connectivity index (χ1) is 11.1. The van der Waals surface area contributed by atoms with Crippen molar-refractivity contribution in [3.05, 3.63) is 34.3 Å². The number of likely N-dealkylation sites (tertiary alicyclic amines) is 1. The summed E-state index contributed by atoms with van der Waals surface area (Å²) in [5, 5.41) is 0. The van der Waals surface area contributed by atoms with Gasteiger partial charge in [0.25, 0.3) is 0 Å². The van der Waals surface area contributed by atoms with E-state index in [-0.39, 0.29) is 0 Å². The van der Waals surface area contributed by atoms with Crippen molar-refractivity contribution in [3.8, 4) is 0 Å². The predicted molar refractivity (Wildman–Crippen MR) is 97.1 cm³/mol. The highest BCUT2D eigenvalue weighted by atomic mass is 79.9. The van der Waals surface area contributed by atoms with Gasteiger partial charge in [0.05, 0.1) is 0 Å². The van der Waals surface area contributed by atoms with Crippen molar-refractivity contribution in [3.63, 3.8) is 0 Å². The quantitative estimate of drug-likeness (QED) is 0.774. The Labute approximate surface area is 148 Å². The summed E-state index contributed by atoms with van der Waals surface area (Å²) in [6, 6.07) is 8.48. The standard InChI is InChI=1S/C19H27BrN2O/c1-21(19(23)16-6-4-7-16)13-15-9-11-22(12-10-15)14-17-5-2-3-8-18(17)20/h2-3,5,8,15-16H,4,6-7,9-14H2,1H3. The molecule has 0 spiro atoms. The molecular weight excluding hydrogens is 352 g/mol. The number of carbonyl (C=O) groups excluding carboxylic acids is 1. The Morgan fingerprint density at radius 3 is 2.52 bits per heavy atom. The summed E-state index contributed by atoms with van der Waals surface area (Å²) in [5.41, 5.74) is 1.36. The molecule has 1 aromatic rings. The van der Waals surface area contributed by atoms with Crippen LogP contribution in [0.1, 0.15) is 37.7 Å². The van der Waals surface area contributed by atoms with Crippen molar-refractivity contribution < 1.29 is 4.79 Å². The zero-order valence-electron chi connectivity index (χ0n) is 14.0. The molecule has 2 aliphatic rings. The molecule has 0 aromatic heterocycles. The second-order valence-corrected chi connectivity index (χ2v) is 8.01. The fraction of sp³-hybridized carbons (Fsp3) is 0.632. The van der Waals surface area contributed by atoms with Gasteiger partial charge in [-0.2, -0.15) is 0 Å². The van der Waals surface area contributed by atoms with E-state index in [2.05, 4.69) is 45.1 Å². The maximum Gasteiger partial charge on any atom is 0.225 e. The Morgan fingerprint density at radius 2 is 1.91 bits per heavy atom. The van der Waals surface area contributed by atoms with Crippen molar-refractivity contribution in [1.82, 2.24) is 9.80 Å². The molecule has 126 valence electrons. The number of amides is 1. The van der Waals surface area contributed by atoms with E-state index in [1.807, 2.05) is 11.9 Å². The minimum atomic E-state index is 0.329.